The predicted octanol–water partition coefficient (Wildman–Crippen LogP) is 1.23. The Hall–Kier alpha value is -0.890. The summed E-state index contributed by atoms with van der Waals surface area (Å²) in [5.41, 5.74) is 3.33. The topological polar surface area (TPSA) is 33.1 Å². The third kappa shape index (κ3) is 2.02. The smallest absolute Gasteiger partial charge is 0.0486 e. The number of hydrogen-bond acceptors (Lipinski definition) is 2. The number of aryl methyl sites for hydroxylation is 2. The van der Waals surface area contributed by atoms with E-state index in [1.165, 1.54) is 11.1 Å². The lowest BCUT2D eigenvalue weighted by molar-refractivity contribution is 0.298. The largest absolute Gasteiger partial charge is 0.396 e. The van der Waals surface area contributed by atoms with Crippen molar-refractivity contribution >= 4 is 0 Å². The molecule has 0 aromatic carbocycles. The van der Waals surface area contributed by atoms with Gasteiger partial charge in [-0.3, -0.25) is 4.98 Å². The molecule has 60 valence electrons. The van der Waals surface area contributed by atoms with Gasteiger partial charge in [-0.2, -0.15) is 0 Å². The number of nitrogens with zero attached hydrogens (tertiary/aromatic N) is 1. The Morgan fingerprint density at radius 3 is 2.73 bits per heavy atom. The Kier molecular flexibility index (Phi) is 2.60. The average Bonchev–Trinajstić information content (AvgIpc) is 1.95. The number of rotatable bonds is 2. The standard InChI is InChI=1S/C9H13NO/c1-7-5-8(2)9(3-4-11)10-6-7/h5-6,11H,3-4H2,1-2H3. The molecule has 0 bridgehead atoms. The SMILES string of the molecule is Cc1cnc(CCO)c(C)c1. The van der Waals surface area contributed by atoms with Crippen LogP contribution in [0.2, 0.25) is 0 Å². The van der Waals surface area contributed by atoms with Gasteiger partial charge in [-0.25, -0.2) is 0 Å². The molecule has 11 heavy (non-hydrogen) atoms. The van der Waals surface area contributed by atoms with Gasteiger partial charge in [0.05, 0.1) is 0 Å². The second kappa shape index (κ2) is 3.49. The van der Waals surface area contributed by atoms with Gasteiger partial charge in [-0.05, 0) is 25.0 Å². The molecule has 0 aliphatic carbocycles. The molecule has 2 heteroatoms. The second-order valence-electron chi connectivity index (χ2n) is 2.75. The minimum Gasteiger partial charge on any atom is -0.396 e. The number of hydrogen-bond donors (Lipinski definition) is 1. The van der Waals surface area contributed by atoms with E-state index in [0.29, 0.717) is 6.42 Å². The van der Waals surface area contributed by atoms with Gasteiger partial charge in [-0.15, -0.1) is 0 Å². The van der Waals surface area contributed by atoms with Crippen LogP contribution in [0, 0.1) is 13.8 Å². The van der Waals surface area contributed by atoms with Crippen molar-refractivity contribution in [2.24, 2.45) is 0 Å². The summed E-state index contributed by atoms with van der Waals surface area (Å²) in [5.74, 6) is 0. The summed E-state index contributed by atoms with van der Waals surface area (Å²) in [6, 6.07) is 2.08. The van der Waals surface area contributed by atoms with Crippen LogP contribution in [-0.2, 0) is 6.42 Å². The lowest BCUT2D eigenvalue weighted by atomic mass is 10.1. The summed E-state index contributed by atoms with van der Waals surface area (Å²) in [7, 11) is 0. The van der Waals surface area contributed by atoms with Crippen LogP contribution < -0.4 is 0 Å². The zero-order chi connectivity index (χ0) is 8.27. The van der Waals surface area contributed by atoms with Crippen molar-refractivity contribution in [3.8, 4) is 0 Å². The van der Waals surface area contributed by atoms with Crippen molar-refractivity contribution in [3.63, 3.8) is 0 Å². The molecule has 0 saturated heterocycles. The predicted molar refractivity (Wildman–Crippen MR) is 44.5 cm³/mol. The highest BCUT2D eigenvalue weighted by molar-refractivity contribution is 5.23. The van der Waals surface area contributed by atoms with Gasteiger partial charge in [0.1, 0.15) is 0 Å². The van der Waals surface area contributed by atoms with E-state index in [1.807, 2.05) is 20.0 Å². The van der Waals surface area contributed by atoms with Crippen LogP contribution in [0.1, 0.15) is 16.8 Å². The van der Waals surface area contributed by atoms with Crippen LogP contribution in [-0.4, -0.2) is 16.7 Å². The fourth-order valence-electron chi connectivity index (χ4n) is 1.11. The number of pyridine rings is 1. The first-order valence-corrected chi connectivity index (χ1v) is 3.77. The first kappa shape index (κ1) is 8.21. The van der Waals surface area contributed by atoms with Crippen molar-refractivity contribution in [2.45, 2.75) is 20.3 Å². The number of aliphatic hydroxyl groups is 1. The van der Waals surface area contributed by atoms with E-state index < -0.39 is 0 Å². The van der Waals surface area contributed by atoms with Crippen molar-refractivity contribution in [1.29, 1.82) is 0 Å². The summed E-state index contributed by atoms with van der Waals surface area (Å²) < 4.78 is 0. The maximum atomic E-state index is 8.67. The van der Waals surface area contributed by atoms with E-state index in [2.05, 4.69) is 11.1 Å². The molecule has 0 spiro atoms. The van der Waals surface area contributed by atoms with Crippen LogP contribution in [0.5, 0.6) is 0 Å². The molecule has 0 amide bonds. The molecule has 0 radical (unpaired) electrons. The fraction of sp³-hybridized carbons (Fsp3) is 0.444. The average molecular weight is 151 g/mol. The van der Waals surface area contributed by atoms with E-state index in [0.717, 1.165) is 5.69 Å². The van der Waals surface area contributed by atoms with Crippen LogP contribution in [0.25, 0.3) is 0 Å². The molecule has 0 aliphatic rings. The molecule has 0 fully saturated rings. The molecule has 1 aromatic rings. The van der Waals surface area contributed by atoms with Gasteiger partial charge in [0.15, 0.2) is 0 Å². The Morgan fingerprint density at radius 1 is 1.45 bits per heavy atom. The van der Waals surface area contributed by atoms with Gasteiger partial charge in [0.25, 0.3) is 0 Å². The van der Waals surface area contributed by atoms with Crippen molar-refractivity contribution in [1.82, 2.24) is 4.98 Å². The summed E-state index contributed by atoms with van der Waals surface area (Å²) in [5, 5.41) is 8.67. The Labute approximate surface area is 66.9 Å². The van der Waals surface area contributed by atoms with Crippen molar-refractivity contribution < 1.29 is 5.11 Å². The molecular weight excluding hydrogens is 138 g/mol. The molecule has 0 unspecified atom stereocenters. The Bertz CT molecular complexity index is 245. The lowest BCUT2D eigenvalue weighted by Crippen LogP contribution is -1.97. The maximum absolute atomic E-state index is 8.67. The van der Waals surface area contributed by atoms with Crippen molar-refractivity contribution in [3.05, 3.63) is 29.1 Å². The van der Waals surface area contributed by atoms with E-state index in [9.17, 15) is 0 Å². The quantitative estimate of drug-likeness (QED) is 0.689. The molecule has 1 aromatic heterocycles. The summed E-state index contributed by atoms with van der Waals surface area (Å²) in [4.78, 5) is 4.21. The summed E-state index contributed by atoms with van der Waals surface area (Å²) >= 11 is 0. The van der Waals surface area contributed by atoms with E-state index in [1.54, 1.807) is 0 Å². The minimum absolute atomic E-state index is 0.177. The van der Waals surface area contributed by atoms with Gasteiger partial charge < -0.3 is 5.11 Å². The third-order valence-electron chi connectivity index (χ3n) is 1.67. The molecule has 0 saturated carbocycles. The van der Waals surface area contributed by atoms with Crippen LogP contribution >= 0.6 is 0 Å². The summed E-state index contributed by atoms with van der Waals surface area (Å²) in [6.07, 6.45) is 2.49. The maximum Gasteiger partial charge on any atom is 0.0486 e. The zero-order valence-electron chi connectivity index (χ0n) is 6.96. The van der Waals surface area contributed by atoms with Crippen LogP contribution in [0.15, 0.2) is 12.3 Å². The molecule has 1 rings (SSSR count). The Morgan fingerprint density at radius 2 is 2.18 bits per heavy atom. The first-order chi connectivity index (χ1) is 5.24. The zero-order valence-corrected chi connectivity index (χ0v) is 6.96. The minimum atomic E-state index is 0.177. The van der Waals surface area contributed by atoms with Crippen LogP contribution in [0.3, 0.4) is 0 Å². The molecule has 0 aliphatic heterocycles. The molecule has 2 nitrogen and oxygen atoms in total. The fourth-order valence-corrected chi connectivity index (χ4v) is 1.11. The van der Waals surface area contributed by atoms with E-state index >= 15 is 0 Å². The first-order valence-electron chi connectivity index (χ1n) is 3.77. The monoisotopic (exact) mass is 151 g/mol. The molecule has 1 N–H and O–H groups in total. The number of aromatic nitrogens is 1. The van der Waals surface area contributed by atoms with Gasteiger partial charge in [-0.1, -0.05) is 6.07 Å². The normalized spacial score (nSPS) is 10.1. The molecule has 1 heterocycles. The summed E-state index contributed by atoms with van der Waals surface area (Å²) in [6.45, 7) is 4.21. The van der Waals surface area contributed by atoms with Gasteiger partial charge in [0.2, 0.25) is 0 Å². The highest BCUT2D eigenvalue weighted by Gasteiger charge is 1.97. The molecular formula is C9H13NO. The lowest BCUT2D eigenvalue weighted by Gasteiger charge is -2.02. The second-order valence-corrected chi connectivity index (χ2v) is 2.75. The van der Waals surface area contributed by atoms with Crippen molar-refractivity contribution in [2.75, 3.05) is 6.61 Å². The van der Waals surface area contributed by atoms with E-state index in [4.69, 9.17) is 5.11 Å². The van der Waals surface area contributed by atoms with Crippen LogP contribution in [0.4, 0.5) is 0 Å². The van der Waals surface area contributed by atoms with Gasteiger partial charge in [0, 0.05) is 24.9 Å². The molecule has 0 atom stereocenters. The van der Waals surface area contributed by atoms with Gasteiger partial charge >= 0.3 is 0 Å². The van der Waals surface area contributed by atoms with E-state index in [-0.39, 0.29) is 6.61 Å². The highest BCUT2D eigenvalue weighted by atomic mass is 16.3. The highest BCUT2D eigenvalue weighted by Crippen LogP contribution is 2.06. The number of aliphatic hydroxyl groups excluding tert-OH is 1. The Balaban J connectivity index is 2.90. The third-order valence-corrected chi connectivity index (χ3v) is 1.67.